The lowest BCUT2D eigenvalue weighted by Crippen LogP contribution is -2.53. The Morgan fingerprint density at radius 3 is 1.02 bits per heavy atom. The summed E-state index contributed by atoms with van der Waals surface area (Å²) in [7, 11) is -0.499. The molecule has 10 heterocycles. The van der Waals surface area contributed by atoms with E-state index in [0.717, 1.165) is 142 Å². The SMILES string of the molecule is C.CC(C)C(=O)N1CCOCC1.CC(C)N1C(CO)CCC1CO.CC(C)N1CC(O)C1.CC(C)N1CCC1.CC(C)N1CCCC1.CC(C)N1CCN(C)CC1.CC(C)N1CCN(CCO)CC1.CC(C)N1CCN(O)CC1.CC(C)N1CCOCC1.CC(C)N1CCS(=O)(=O)CC1. The highest BCUT2D eigenvalue weighted by molar-refractivity contribution is 7.91. The average molecular weight is 1440 g/mol. The molecule has 0 radical (unpaired) electrons. The van der Waals surface area contributed by atoms with Crippen LogP contribution in [-0.2, 0) is 24.1 Å². The summed E-state index contributed by atoms with van der Waals surface area (Å²) in [4.78, 5) is 39.4. The molecule has 5 N–H and O–H groups in total. The first kappa shape index (κ1) is 97.7. The normalized spacial score (nSPS) is 23.8. The molecule has 0 bridgehead atoms. The van der Waals surface area contributed by atoms with Crippen molar-refractivity contribution in [2.45, 2.75) is 251 Å². The summed E-state index contributed by atoms with van der Waals surface area (Å²) in [6.45, 7) is 73.5. The fourth-order valence-corrected chi connectivity index (χ4v) is 14.1. The van der Waals surface area contributed by atoms with Crippen LogP contribution in [0.4, 0.5) is 0 Å². The van der Waals surface area contributed by atoms with Crippen molar-refractivity contribution in [2.75, 3.05) is 228 Å². The number of piperazine rings is 3. The van der Waals surface area contributed by atoms with Crippen molar-refractivity contribution in [1.29, 1.82) is 0 Å². The van der Waals surface area contributed by atoms with Crippen LogP contribution in [0.15, 0.2) is 0 Å². The Labute approximate surface area is 610 Å². The fraction of sp³-hybridized carbons (Fsp3) is 0.987. The molecule has 0 aromatic carbocycles. The topological polar surface area (TPSA) is 213 Å². The van der Waals surface area contributed by atoms with E-state index in [1.165, 1.54) is 76.7 Å². The monoisotopic (exact) mass is 1440 g/mol. The molecule has 0 saturated carbocycles. The molecular weight excluding hydrogens is 1270 g/mol. The third-order valence-corrected chi connectivity index (χ3v) is 22.0. The molecule has 0 aliphatic carbocycles. The highest BCUT2D eigenvalue weighted by Crippen LogP contribution is 2.26. The average Bonchev–Trinajstić information content (AvgIpc) is 1.76. The number of hydroxylamine groups is 2. The summed E-state index contributed by atoms with van der Waals surface area (Å²) in [5.74, 6) is 1.04. The minimum atomic E-state index is -2.69. The van der Waals surface area contributed by atoms with Gasteiger partial charge < -0.3 is 54.7 Å². The zero-order valence-electron chi connectivity index (χ0n) is 67.1. The fourth-order valence-electron chi connectivity index (χ4n) is 12.9. The number of likely N-dealkylation sites (N-methyl/N-ethyl adjacent to an activating group) is 1. The number of sulfone groups is 1. The minimum absolute atomic E-state index is 0. The highest BCUT2D eigenvalue weighted by Gasteiger charge is 2.34. The van der Waals surface area contributed by atoms with Gasteiger partial charge in [0.05, 0.1) is 63.9 Å². The Balaban J connectivity index is 0.00000108. The second-order valence-corrected chi connectivity index (χ2v) is 33.4. The highest BCUT2D eigenvalue weighted by atomic mass is 32.2. The van der Waals surface area contributed by atoms with Gasteiger partial charge in [-0.05, 0) is 190 Å². The lowest BCUT2D eigenvalue weighted by Gasteiger charge is -2.38. The van der Waals surface area contributed by atoms with Gasteiger partial charge in [0.15, 0.2) is 9.84 Å². The number of morpholine rings is 2. The van der Waals surface area contributed by atoms with Crippen LogP contribution >= 0.6 is 0 Å². The van der Waals surface area contributed by atoms with Crippen molar-refractivity contribution >= 4 is 15.7 Å². The number of β-amino-alcohol motifs (C(OH)–C–C–N with tert-alkyl or cyclic N) is 2. The van der Waals surface area contributed by atoms with E-state index in [0.29, 0.717) is 80.7 Å². The van der Waals surface area contributed by atoms with Crippen LogP contribution in [0, 0.1) is 5.92 Å². The number of carbonyl (C=O) groups is 1. The van der Waals surface area contributed by atoms with Crippen molar-refractivity contribution in [3.8, 4) is 0 Å². The van der Waals surface area contributed by atoms with Crippen molar-refractivity contribution in [2.24, 2.45) is 5.92 Å². The Morgan fingerprint density at radius 2 is 0.737 bits per heavy atom. The maximum atomic E-state index is 11.4. The van der Waals surface area contributed by atoms with Crippen LogP contribution in [0.5, 0.6) is 0 Å². The molecule has 10 aliphatic heterocycles. The zero-order chi connectivity index (χ0) is 74.1. The Bertz CT molecular complexity index is 1950. The van der Waals surface area contributed by atoms with Crippen LogP contribution in [0.1, 0.15) is 178 Å². The van der Waals surface area contributed by atoms with Gasteiger partial charge in [0.1, 0.15) is 0 Å². The molecule has 23 nitrogen and oxygen atoms in total. The van der Waals surface area contributed by atoms with E-state index >= 15 is 0 Å². The standard InChI is InChI=1S/C9H20N2O.C9H19NO2.C8H18N2.C8H15NO2.C7H16N2O.C7H15NO2S.C7H15NO.C7H15N.C6H13NO.C6H13N.CH4/c1-9(2)11-5-3-10(4-6-11)7-8-12;1-7(2)10-8(5-11)3-4-9(10)6-12;1-8(2)10-6-4-9(3)5-7-10;1-7(2)8(10)9-3-5-11-6-4-9;1-7(2)8-3-5-9(10)6-4-8;1-7(2)8-3-5-11(9,10)6-4-8;1-7(2)8-3-5-9-6-4-8;1-7(2)8-5-3-4-6-8;1-5(2)7-3-6(8)4-7;1-6(2)7-4-3-5-7;/h9,12H,3-8H2,1-2H3;7-9,11-12H,3-6H2,1-2H3;8H,4-7H2,1-3H3;7H,3-6H2,1-2H3;7,10H,3-6H2,1-2H3;7H,3-6H2,1-2H3;7H,3-6H2,1-2H3;7H,3-6H2,1-2H3;5-6,8H,3-4H2,1-2H3;6H,3-5H2,1-2H3;1H4. The molecule has 0 aromatic heterocycles. The van der Waals surface area contributed by atoms with Crippen LogP contribution in [0.2, 0.25) is 0 Å². The number of nitrogens with zero attached hydrogens (tertiary/aromatic N) is 13. The Morgan fingerprint density at radius 1 is 0.414 bits per heavy atom. The van der Waals surface area contributed by atoms with Crippen molar-refractivity contribution < 1.29 is 48.3 Å². The molecule has 24 heteroatoms. The van der Waals surface area contributed by atoms with E-state index in [1.54, 1.807) is 0 Å². The Kier molecular flexibility index (Phi) is 54.4. The molecule has 1 amide bonds. The summed E-state index contributed by atoms with van der Waals surface area (Å²) in [6, 6.07) is 6.30. The molecule has 2 atom stereocenters. The van der Waals surface area contributed by atoms with Crippen molar-refractivity contribution in [3.63, 3.8) is 0 Å². The maximum absolute atomic E-state index is 11.4. The predicted octanol–water partition coefficient (Wildman–Crippen LogP) is 5.91. The van der Waals surface area contributed by atoms with Gasteiger partial charge in [0.25, 0.3) is 0 Å². The minimum Gasteiger partial charge on any atom is -0.395 e. The molecule has 10 rings (SSSR count). The smallest absolute Gasteiger partial charge is 0.225 e. The van der Waals surface area contributed by atoms with Gasteiger partial charge in [0.2, 0.25) is 5.91 Å². The van der Waals surface area contributed by atoms with E-state index in [9.17, 15) is 13.2 Å². The summed E-state index contributed by atoms with van der Waals surface area (Å²) in [5, 5.41) is 46.1. The number of aliphatic hydroxyl groups excluding tert-OH is 4. The van der Waals surface area contributed by atoms with Gasteiger partial charge in [-0.3, -0.25) is 44.0 Å². The molecule has 0 spiro atoms. The molecule has 10 fully saturated rings. The van der Waals surface area contributed by atoms with Crippen LogP contribution < -0.4 is 0 Å². The second kappa shape index (κ2) is 55.1. The van der Waals surface area contributed by atoms with E-state index in [1.807, 2.05) is 18.7 Å². The number of hydrogen-bond donors (Lipinski definition) is 5. The summed E-state index contributed by atoms with van der Waals surface area (Å²) in [5.41, 5.74) is 0. The second-order valence-electron chi connectivity index (χ2n) is 31.1. The van der Waals surface area contributed by atoms with Gasteiger partial charge in [-0.1, -0.05) is 21.3 Å². The van der Waals surface area contributed by atoms with E-state index in [-0.39, 0.29) is 50.7 Å². The lowest BCUT2D eigenvalue weighted by atomic mass is 10.1. The first-order valence-corrected chi connectivity index (χ1v) is 40.7. The van der Waals surface area contributed by atoms with Crippen molar-refractivity contribution in [1.82, 2.24) is 63.9 Å². The number of carbonyl (C=O) groups excluding carboxylic acids is 1. The molecule has 99 heavy (non-hydrogen) atoms. The predicted molar refractivity (Wildman–Crippen MR) is 414 cm³/mol. The van der Waals surface area contributed by atoms with E-state index < -0.39 is 9.84 Å². The van der Waals surface area contributed by atoms with Gasteiger partial charge in [-0.15, -0.1) is 0 Å². The van der Waals surface area contributed by atoms with E-state index in [2.05, 4.69) is 186 Å². The number of aliphatic hydroxyl groups is 4. The summed E-state index contributed by atoms with van der Waals surface area (Å²) >= 11 is 0. The number of amides is 1. The molecule has 0 aromatic rings. The van der Waals surface area contributed by atoms with Gasteiger partial charge in [-0.25, -0.2) is 8.42 Å². The molecule has 594 valence electrons. The van der Waals surface area contributed by atoms with Gasteiger partial charge >= 0.3 is 0 Å². The molecule has 2 unspecified atom stereocenters. The molecule has 10 aliphatic rings. The lowest BCUT2D eigenvalue weighted by molar-refractivity contribution is -0.138. The maximum Gasteiger partial charge on any atom is 0.225 e. The first-order valence-electron chi connectivity index (χ1n) is 38.9. The zero-order valence-corrected chi connectivity index (χ0v) is 67.9. The Hall–Kier alpha value is -1.34. The number of hydrogen-bond acceptors (Lipinski definition) is 22. The number of rotatable bonds is 14. The van der Waals surface area contributed by atoms with Crippen LogP contribution in [0.25, 0.3) is 0 Å². The quantitative estimate of drug-likeness (QED) is 0.137. The van der Waals surface area contributed by atoms with Crippen LogP contribution in [0.3, 0.4) is 0 Å². The third kappa shape index (κ3) is 43.2. The number of likely N-dealkylation sites (tertiary alicyclic amines) is 4. The van der Waals surface area contributed by atoms with Crippen molar-refractivity contribution in [3.05, 3.63) is 0 Å². The molecular formula is C75H163N13O10S. The molecule has 10 saturated heterocycles. The van der Waals surface area contributed by atoms with E-state index in [4.69, 9.17) is 35.1 Å². The van der Waals surface area contributed by atoms with Crippen LogP contribution in [-0.4, -0.2) is 405 Å². The number of ether oxygens (including phenoxy) is 2. The summed E-state index contributed by atoms with van der Waals surface area (Å²) < 4.78 is 32.3. The summed E-state index contributed by atoms with van der Waals surface area (Å²) in [6.07, 6.45) is 6.23. The van der Waals surface area contributed by atoms with Gasteiger partial charge in [0, 0.05) is 210 Å². The third-order valence-electron chi connectivity index (χ3n) is 20.4. The van der Waals surface area contributed by atoms with Gasteiger partial charge in [-0.2, -0.15) is 5.06 Å². The first-order chi connectivity index (χ1) is 46.2. The largest absolute Gasteiger partial charge is 0.395 e.